The molecule has 0 aliphatic carbocycles. The number of nitrogens with two attached hydrogens (primary N) is 1. The van der Waals surface area contributed by atoms with Gasteiger partial charge in [0.25, 0.3) is 5.69 Å². The van der Waals surface area contributed by atoms with Gasteiger partial charge in [0.2, 0.25) is 5.91 Å². The van der Waals surface area contributed by atoms with Gasteiger partial charge < -0.3 is 15.5 Å². The molecule has 2 rings (SSSR count). The minimum atomic E-state index is -0.405. The fraction of sp³-hybridized carbons (Fsp3) is 0.417. The third kappa shape index (κ3) is 4.73. The van der Waals surface area contributed by atoms with E-state index in [2.05, 4.69) is 0 Å². The van der Waals surface area contributed by atoms with Gasteiger partial charge in [-0.05, 0) is 6.07 Å². The summed E-state index contributed by atoms with van der Waals surface area (Å²) < 4.78 is 0. The van der Waals surface area contributed by atoms with Crippen LogP contribution in [0.25, 0.3) is 0 Å². The summed E-state index contributed by atoms with van der Waals surface area (Å²) in [6.07, 6.45) is 0. The lowest BCUT2D eigenvalue weighted by atomic mass is 10.2. The number of halogens is 2. The van der Waals surface area contributed by atoms with Crippen molar-refractivity contribution in [3.05, 3.63) is 34.4 Å². The second kappa shape index (κ2) is 8.66. The van der Waals surface area contributed by atoms with Crippen molar-refractivity contribution in [1.29, 1.82) is 0 Å². The van der Waals surface area contributed by atoms with E-state index < -0.39 is 4.92 Å². The Morgan fingerprint density at radius 1 is 1.24 bits per heavy atom. The minimum absolute atomic E-state index is 0. The fourth-order valence-corrected chi connectivity index (χ4v) is 2.15. The third-order valence-electron chi connectivity index (χ3n) is 3.21. The van der Waals surface area contributed by atoms with Crippen molar-refractivity contribution in [1.82, 2.24) is 4.90 Å². The second-order valence-corrected chi connectivity index (χ2v) is 4.35. The van der Waals surface area contributed by atoms with E-state index >= 15 is 0 Å². The molecular weight excluding hydrogens is 319 g/mol. The first-order valence-electron chi connectivity index (χ1n) is 6.09. The Hall–Kier alpha value is -1.57. The van der Waals surface area contributed by atoms with Crippen LogP contribution in [-0.2, 0) is 4.79 Å². The van der Waals surface area contributed by atoms with E-state index in [1.54, 1.807) is 17.0 Å². The zero-order valence-corrected chi connectivity index (χ0v) is 12.9. The van der Waals surface area contributed by atoms with Crippen LogP contribution in [0.4, 0.5) is 11.4 Å². The number of carbonyl (C=O) groups excluding carboxylic acids is 1. The number of rotatable bonds is 3. The maximum Gasteiger partial charge on any atom is 0.271 e. The van der Waals surface area contributed by atoms with E-state index in [0.717, 1.165) is 5.69 Å². The molecule has 21 heavy (non-hydrogen) atoms. The summed E-state index contributed by atoms with van der Waals surface area (Å²) in [5.74, 6) is -0.0568. The highest BCUT2D eigenvalue weighted by Crippen LogP contribution is 2.22. The summed E-state index contributed by atoms with van der Waals surface area (Å²) in [6, 6.07) is 6.54. The van der Waals surface area contributed by atoms with Crippen LogP contribution in [0, 0.1) is 10.1 Å². The molecule has 9 heteroatoms. The molecule has 1 aromatic carbocycles. The van der Waals surface area contributed by atoms with E-state index in [0.29, 0.717) is 26.2 Å². The van der Waals surface area contributed by atoms with Gasteiger partial charge in [-0.25, -0.2) is 0 Å². The first kappa shape index (κ1) is 19.4. The molecule has 0 spiro atoms. The van der Waals surface area contributed by atoms with Crippen LogP contribution in [0.15, 0.2) is 24.3 Å². The number of carbonyl (C=O) groups is 1. The standard InChI is InChI=1S/C12H16N4O3.2ClH/c13-9-12(17)15-6-4-14(5-7-15)10-2-1-3-11(8-10)16(18)19;;/h1-3,8H,4-7,9,13H2;2*1H. The second-order valence-electron chi connectivity index (χ2n) is 4.35. The highest BCUT2D eigenvalue weighted by Gasteiger charge is 2.21. The Bertz CT molecular complexity index is 493. The number of amides is 1. The molecule has 1 aliphatic heterocycles. The summed E-state index contributed by atoms with van der Waals surface area (Å²) >= 11 is 0. The lowest BCUT2D eigenvalue weighted by Crippen LogP contribution is -2.50. The van der Waals surface area contributed by atoms with Gasteiger partial charge in [0.05, 0.1) is 11.5 Å². The van der Waals surface area contributed by atoms with Crippen LogP contribution in [0.5, 0.6) is 0 Å². The Balaban J connectivity index is 0.00000200. The van der Waals surface area contributed by atoms with Crippen molar-refractivity contribution in [2.45, 2.75) is 0 Å². The average molecular weight is 337 g/mol. The summed E-state index contributed by atoms with van der Waals surface area (Å²) in [6.45, 7) is 2.54. The number of hydrogen-bond acceptors (Lipinski definition) is 5. The highest BCUT2D eigenvalue weighted by atomic mass is 35.5. The van der Waals surface area contributed by atoms with E-state index in [1.807, 2.05) is 11.0 Å². The fourth-order valence-electron chi connectivity index (χ4n) is 2.15. The SMILES string of the molecule is Cl.Cl.NCC(=O)N1CCN(c2cccc([N+](=O)[O-])c2)CC1. The number of nitro benzene ring substituents is 1. The lowest BCUT2D eigenvalue weighted by molar-refractivity contribution is -0.384. The largest absolute Gasteiger partial charge is 0.368 e. The maximum absolute atomic E-state index is 11.4. The van der Waals surface area contributed by atoms with Crippen LogP contribution in [0.2, 0.25) is 0 Å². The highest BCUT2D eigenvalue weighted by molar-refractivity contribution is 5.85. The topological polar surface area (TPSA) is 92.7 Å². The van der Waals surface area contributed by atoms with E-state index in [4.69, 9.17) is 5.73 Å². The number of nitrogens with zero attached hydrogens (tertiary/aromatic N) is 3. The lowest BCUT2D eigenvalue weighted by Gasteiger charge is -2.35. The summed E-state index contributed by atoms with van der Waals surface area (Å²) in [5.41, 5.74) is 6.22. The summed E-state index contributed by atoms with van der Waals surface area (Å²) in [4.78, 5) is 25.5. The zero-order chi connectivity index (χ0) is 13.8. The van der Waals surface area contributed by atoms with Crippen molar-refractivity contribution in [2.24, 2.45) is 5.73 Å². The minimum Gasteiger partial charge on any atom is -0.368 e. The molecule has 1 amide bonds. The molecule has 1 saturated heterocycles. The molecule has 2 N–H and O–H groups in total. The molecule has 0 saturated carbocycles. The number of benzene rings is 1. The van der Waals surface area contributed by atoms with Gasteiger partial charge in [-0.2, -0.15) is 0 Å². The van der Waals surface area contributed by atoms with Crippen molar-refractivity contribution in [2.75, 3.05) is 37.6 Å². The summed E-state index contributed by atoms with van der Waals surface area (Å²) in [7, 11) is 0. The molecule has 0 aromatic heterocycles. The number of hydrogen-bond donors (Lipinski definition) is 1. The van der Waals surface area contributed by atoms with E-state index in [9.17, 15) is 14.9 Å². The summed E-state index contributed by atoms with van der Waals surface area (Å²) in [5, 5.41) is 10.7. The van der Waals surface area contributed by atoms with Gasteiger partial charge in [0.15, 0.2) is 0 Å². The normalized spacial score (nSPS) is 14.0. The predicted molar refractivity (Wildman–Crippen MR) is 85.4 cm³/mol. The molecule has 1 heterocycles. The number of nitro groups is 1. The van der Waals surface area contributed by atoms with Crippen molar-refractivity contribution in [3.8, 4) is 0 Å². The van der Waals surface area contributed by atoms with Gasteiger partial charge in [-0.1, -0.05) is 6.07 Å². The van der Waals surface area contributed by atoms with Crippen LogP contribution < -0.4 is 10.6 Å². The third-order valence-corrected chi connectivity index (χ3v) is 3.21. The molecule has 1 aromatic rings. The van der Waals surface area contributed by atoms with Crippen molar-refractivity contribution in [3.63, 3.8) is 0 Å². The molecule has 0 radical (unpaired) electrons. The Kier molecular flexibility index (Phi) is 8.01. The van der Waals surface area contributed by atoms with Crippen LogP contribution in [0.3, 0.4) is 0 Å². The zero-order valence-electron chi connectivity index (χ0n) is 11.3. The van der Waals surface area contributed by atoms with Gasteiger partial charge in [-0.3, -0.25) is 14.9 Å². The maximum atomic E-state index is 11.4. The molecule has 0 bridgehead atoms. The van der Waals surface area contributed by atoms with E-state index in [1.165, 1.54) is 6.07 Å². The first-order chi connectivity index (χ1) is 9.11. The molecule has 1 fully saturated rings. The first-order valence-corrected chi connectivity index (χ1v) is 6.09. The van der Waals surface area contributed by atoms with Gasteiger partial charge in [0, 0.05) is 44.0 Å². The smallest absolute Gasteiger partial charge is 0.271 e. The molecule has 1 aliphatic rings. The van der Waals surface area contributed by atoms with Gasteiger partial charge in [0.1, 0.15) is 0 Å². The number of piperazine rings is 1. The predicted octanol–water partition coefficient (Wildman–Crippen LogP) is 1.05. The number of anilines is 1. The van der Waals surface area contributed by atoms with Crippen molar-refractivity contribution >= 4 is 42.1 Å². The Labute approximate surface area is 135 Å². The van der Waals surface area contributed by atoms with Crippen molar-refractivity contribution < 1.29 is 9.72 Å². The molecule has 0 unspecified atom stereocenters. The van der Waals surface area contributed by atoms with Gasteiger partial charge in [-0.15, -0.1) is 24.8 Å². The Morgan fingerprint density at radius 3 is 2.38 bits per heavy atom. The number of non-ortho nitro benzene ring substituents is 1. The van der Waals surface area contributed by atoms with Gasteiger partial charge >= 0.3 is 0 Å². The Morgan fingerprint density at radius 2 is 1.86 bits per heavy atom. The average Bonchev–Trinajstić information content (AvgIpc) is 2.46. The quantitative estimate of drug-likeness (QED) is 0.657. The molecule has 118 valence electrons. The molecule has 7 nitrogen and oxygen atoms in total. The van der Waals surface area contributed by atoms with Crippen LogP contribution in [0.1, 0.15) is 0 Å². The monoisotopic (exact) mass is 336 g/mol. The molecule has 0 atom stereocenters. The van der Waals surface area contributed by atoms with E-state index in [-0.39, 0.29) is 43.0 Å². The van der Waals surface area contributed by atoms with Crippen LogP contribution >= 0.6 is 24.8 Å². The van der Waals surface area contributed by atoms with Crippen LogP contribution in [-0.4, -0.2) is 48.5 Å². The molecular formula is C12H18Cl2N4O3.